The maximum Gasteiger partial charge on any atom is 0.228 e. The maximum atomic E-state index is 12.9. The van der Waals surface area contributed by atoms with E-state index in [9.17, 15) is 9.59 Å². The molecule has 0 bridgehead atoms. The summed E-state index contributed by atoms with van der Waals surface area (Å²) in [6.45, 7) is 8.42. The van der Waals surface area contributed by atoms with Gasteiger partial charge in [-0.05, 0) is 17.9 Å². The lowest BCUT2D eigenvalue weighted by Gasteiger charge is -2.39. The number of hydrogen-bond donors (Lipinski definition) is 0. The molecule has 2 heterocycles. The first-order chi connectivity index (χ1) is 10.6. The molecule has 0 radical (unpaired) electrons. The van der Waals surface area contributed by atoms with Gasteiger partial charge in [0.1, 0.15) is 0 Å². The van der Waals surface area contributed by atoms with Crippen molar-refractivity contribution in [1.29, 1.82) is 0 Å². The monoisotopic (exact) mass is 318 g/mol. The summed E-state index contributed by atoms with van der Waals surface area (Å²) in [7, 11) is 1.79. The Labute approximate surface area is 135 Å². The Morgan fingerprint density at radius 3 is 2.68 bits per heavy atom. The van der Waals surface area contributed by atoms with Gasteiger partial charge in [0.05, 0.1) is 12.0 Å². The van der Waals surface area contributed by atoms with Crippen LogP contribution < -0.4 is 0 Å². The van der Waals surface area contributed by atoms with Crippen LogP contribution in [0.3, 0.4) is 0 Å². The van der Waals surface area contributed by atoms with Gasteiger partial charge in [-0.25, -0.2) is 0 Å². The van der Waals surface area contributed by atoms with Gasteiger partial charge in [-0.2, -0.15) is 0 Å². The lowest BCUT2D eigenvalue weighted by molar-refractivity contribution is -0.146. The first-order valence-electron chi connectivity index (χ1n) is 7.39. The normalized spacial score (nSPS) is 21.5. The second-order valence-corrected chi connectivity index (χ2v) is 6.41. The first-order valence-corrected chi connectivity index (χ1v) is 8.27. The van der Waals surface area contributed by atoms with Crippen LogP contribution in [0.15, 0.2) is 42.8 Å². The van der Waals surface area contributed by atoms with Crippen molar-refractivity contribution in [3.8, 4) is 0 Å². The van der Waals surface area contributed by atoms with E-state index in [1.807, 2.05) is 17.5 Å². The summed E-state index contributed by atoms with van der Waals surface area (Å²) in [6, 6.07) is 3.78. The first kappa shape index (κ1) is 16.5. The fraction of sp³-hybridized carbons (Fsp3) is 0.412. The zero-order chi connectivity index (χ0) is 16.1. The molecule has 0 unspecified atom stereocenters. The molecule has 5 heteroatoms. The molecular formula is C17H22N2O2S. The summed E-state index contributed by atoms with van der Waals surface area (Å²) in [6.07, 6.45) is 4.46. The zero-order valence-electron chi connectivity index (χ0n) is 12.9. The van der Waals surface area contributed by atoms with Crippen molar-refractivity contribution in [2.24, 2.45) is 5.92 Å². The minimum absolute atomic E-state index is 0.0672. The predicted octanol–water partition coefficient (Wildman–Crippen LogP) is 2.86. The van der Waals surface area contributed by atoms with Crippen LogP contribution in [0.5, 0.6) is 0 Å². The lowest BCUT2D eigenvalue weighted by atomic mass is 9.86. The molecule has 118 valence electrons. The highest BCUT2D eigenvalue weighted by Crippen LogP contribution is 2.38. The van der Waals surface area contributed by atoms with Crippen molar-refractivity contribution in [1.82, 2.24) is 9.80 Å². The minimum atomic E-state index is -0.207. The third-order valence-electron chi connectivity index (χ3n) is 4.02. The second-order valence-electron chi connectivity index (χ2n) is 5.43. The molecule has 2 rings (SSSR count). The number of carbonyl (C=O) groups excluding carboxylic acids is 2. The van der Waals surface area contributed by atoms with E-state index in [0.717, 1.165) is 4.88 Å². The fourth-order valence-corrected chi connectivity index (χ4v) is 3.88. The van der Waals surface area contributed by atoms with Crippen molar-refractivity contribution >= 4 is 23.2 Å². The van der Waals surface area contributed by atoms with Gasteiger partial charge in [0.15, 0.2) is 0 Å². The SMILES string of the molecule is C=CCN(CC=C)C(=O)[C@H]1CCC(=O)N(C)[C@H]1c1cccs1. The average Bonchev–Trinajstić information content (AvgIpc) is 3.03. The maximum absolute atomic E-state index is 12.9. The molecule has 0 spiro atoms. The number of piperidine rings is 1. The molecule has 22 heavy (non-hydrogen) atoms. The molecule has 4 nitrogen and oxygen atoms in total. The van der Waals surface area contributed by atoms with Crippen LogP contribution in [-0.4, -0.2) is 41.8 Å². The molecule has 0 saturated carbocycles. The average molecular weight is 318 g/mol. The van der Waals surface area contributed by atoms with E-state index in [0.29, 0.717) is 25.9 Å². The number of nitrogens with zero attached hydrogens (tertiary/aromatic N) is 2. The van der Waals surface area contributed by atoms with Gasteiger partial charge in [0, 0.05) is 31.4 Å². The molecule has 2 atom stereocenters. The number of amides is 2. The number of thiophene rings is 1. The van der Waals surface area contributed by atoms with Gasteiger partial charge in [-0.1, -0.05) is 18.2 Å². The van der Waals surface area contributed by atoms with Gasteiger partial charge in [0.25, 0.3) is 0 Å². The van der Waals surface area contributed by atoms with E-state index in [-0.39, 0.29) is 23.8 Å². The van der Waals surface area contributed by atoms with Crippen LogP contribution in [0.4, 0.5) is 0 Å². The third kappa shape index (κ3) is 3.30. The molecule has 1 aromatic heterocycles. The molecule has 1 fully saturated rings. The Balaban J connectivity index is 2.29. The molecule has 0 aliphatic carbocycles. The Bertz CT molecular complexity index is 543. The topological polar surface area (TPSA) is 40.6 Å². The van der Waals surface area contributed by atoms with Crippen molar-refractivity contribution in [2.45, 2.75) is 18.9 Å². The van der Waals surface area contributed by atoms with E-state index in [1.54, 1.807) is 40.3 Å². The van der Waals surface area contributed by atoms with E-state index in [1.165, 1.54) is 0 Å². The highest BCUT2D eigenvalue weighted by atomic mass is 32.1. The van der Waals surface area contributed by atoms with E-state index < -0.39 is 0 Å². The summed E-state index contributed by atoms with van der Waals surface area (Å²) in [5.74, 6) is -0.0414. The van der Waals surface area contributed by atoms with E-state index >= 15 is 0 Å². The Kier molecular flexibility index (Phi) is 5.55. The number of carbonyl (C=O) groups is 2. The van der Waals surface area contributed by atoms with Crippen LogP contribution >= 0.6 is 11.3 Å². The van der Waals surface area contributed by atoms with Gasteiger partial charge in [0.2, 0.25) is 11.8 Å². The molecule has 1 aliphatic heterocycles. The predicted molar refractivity (Wildman–Crippen MR) is 89.5 cm³/mol. The van der Waals surface area contributed by atoms with Crippen LogP contribution in [0.1, 0.15) is 23.8 Å². The highest BCUT2D eigenvalue weighted by Gasteiger charge is 2.40. The fourth-order valence-electron chi connectivity index (χ4n) is 2.95. The number of rotatable bonds is 6. The number of likely N-dealkylation sites (tertiary alicyclic amines) is 1. The minimum Gasteiger partial charge on any atom is -0.337 e. The molecule has 0 aromatic carbocycles. The Morgan fingerprint density at radius 2 is 2.14 bits per heavy atom. The van der Waals surface area contributed by atoms with Crippen LogP contribution in [0.25, 0.3) is 0 Å². The van der Waals surface area contributed by atoms with Crippen molar-refractivity contribution in [3.05, 3.63) is 47.7 Å². The number of hydrogen-bond acceptors (Lipinski definition) is 3. The Hall–Kier alpha value is -1.88. The summed E-state index contributed by atoms with van der Waals surface area (Å²) < 4.78 is 0. The standard InChI is InChI=1S/C17H22N2O2S/c1-4-10-19(11-5-2)17(21)13-8-9-15(20)18(3)16(13)14-7-6-12-22-14/h4-7,12-13,16H,1-2,8-11H2,3H3/t13-,16+/m0/s1. The van der Waals surface area contributed by atoms with Crippen LogP contribution in [0, 0.1) is 5.92 Å². The smallest absolute Gasteiger partial charge is 0.228 e. The second kappa shape index (κ2) is 7.40. The van der Waals surface area contributed by atoms with E-state index in [4.69, 9.17) is 0 Å². The van der Waals surface area contributed by atoms with E-state index in [2.05, 4.69) is 13.2 Å². The highest BCUT2D eigenvalue weighted by molar-refractivity contribution is 7.10. The van der Waals surface area contributed by atoms with Gasteiger partial charge in [-0.15, -0.1) is 24.5 Å². The van der Waals surface area contributed by atoms with Crippen LogP contribution in [-0.2, 0) is 9.59 Å². The zero-order valence-corrected chi connectivity index (χ0v) is 13.7. The Morgan fingerprint density at radius 1 is 1.45 bits per heavy atom. The van der Waals surface area contributed by atoms with Gasteiger partial charge < -0.3 is 9.80 Å². The molecule has 1 aliphatic rings. The molecule has 1 saturated heterocycles. The molecule has 0 N–H and O–H groups in total. The molecular weight excluding hydrogens is 296 g/mol. The summed E-state index contributed by atoms with van der Waals surface area (Å²) in [4.78, 5) is 29.5. The van der Waals surface area contributed by atoms with Gasteiger partial charge >= 0.3 is 0 Å². The summed E-state index contributed by atoms with van der Waals surface area (Å²) in [5, 5.41) is 1.98. The van der Waals surface area contributed by atoms with Gasteiger partial charge in [-0.3, -0.25) is 9.59 Å². The van der Waals surface area contributed by atoms with Crippen molar-refractivity contribution in [2.75, 3.05) is 20.1 Å². The lowest BCUT2D eigenvalue weighted by Crippen LogP contribution is -2.47. The quantitative estimate of drug-likeness (QED) is 0.757. The largest absolute Gasteiger partial charge is 0.337 e. The third-order valence-corrected chi connectivity index (χ3v) is 4.97. The van der Waals surface area contributed by atoms with Crippen LogP contribution in [0.2, 0.25) is 0 Å². The van der Waals surface area contributed by atoms with Crippen molar-refractivity contribution < 1.29 is 9.59 Å². The van der Waals surface area contributed by atoms with Crippen molar-refractivity contribution in [3.63, 3.8) is 0 Å². The summed E-state index contributed by atoms with van der Waals surface area (Å²) in [5.41, 5.74) is 0. The summed E-state index contributed by atoms with van der Waals surface area (Å²) >= 11 is 1.59. The molecule has 2 amide bonds. The molecule has 1 aromatic rings.